The molecule has 0 radical (unpaired) electrons. The highest BCUT2D eigenvalue weighted by atomic mass is 35.5. The molecule has 2 aromatic rings. The number of halogens is 2. The van der Waals surface area contributed by atoms with Crippen molar-refractivity contribution in [1.82, 2.24) is 0 Å². The number of nitrogens with zero attached hydrogens (tertiary/aromatic N) is 1. The Balaban J connectivity index is 1.87. The lowest BCUT2D eigenvalue weighted by Crippen LogP contribution is -2.30. The number of piperidine rings is 1. The number of rotatable bonds is 3. The topological polar surface area (TPSA) is 32.3 Å². The molecule has 0 aromatic heterocycles. The van der Waals surface area contributed by atoms with Gasteiger partial charge in [0, 0.05) is 23.7 Å². The Morgan fingerprint density at radius 1 is 1.00 bits per heavy atom. The van der Waals surface area contributed by atoms with Crippen LogP contribution in [0, 0.1) is 0 Å². The molecule has 1 saturated heterocycles. The molecule has 120 valence electrons. The second kappa shape index (κ2) is 7.24. The molecule has 1 heterocycles. The highest BCUT2D eigenvalue weighted by molar-refractivity contribution is 6.34. The van der Waals surface area contributed by atoms with Crippen LogP contribution in [0.2, 0.25) is 10.0 Å². The maximum absolute atomic E-state index is 12.5. The van der Waals surface area contributed by atoms with Crippen LogP contribution in [0.4, 0.5) is 11.4 Å². The fourth-order valence-corrected chi connectivity index (χ4v) is 3.36. The summed E-state index contributed by atoms with van der Waals surface area (Å²) in [5, 5.41) is 4.17. The smallest absolute Gasteiger partial charge is 0.255 e. The van der Waals surface area contributed by atoms with Crippen molar-refractivity contribution in [2.45, 2.75) is 19.3 Å². The lowest BCUT2D eigenvalue weighted by molar-refractivity contribution is 0.102. The first-order chi connectivity index (χ1) is 11.1. The van der Waals surface area contributed by atoms with Gasteiger partial charge in [0.05, 0.1) is 16.4 Å². The summed E-state index contributed by atoms with van der Waals surface area (Å²) in [5.74, 6) is -0.187. The van der Waals surface area contributed by atoms with E-state index in [0.717, 1.165) is 37.3 Å². The van der Waals surface area contributed by atoms with Crippen molar-refractivity contribution in [3.8, 4) is 0 Å². The van der Waals surface area contributed by atoms with Crippen LogP contribution in [-0.4, -0.2) is 19.0 Å². The lowest BCUT2D eigenvalue weighted by Gasteiger charge is -2.31. The number of nitrogens with one attached hydrogen (secondary N) is 1. The number of anilines is 2. The average molecular weight is 349 g/mol. The van der Waals surface area contributed by atoms with Crippen LogP contribution >= 0.6 is 23.2 Å². The lowest BCUT2D eigenvalue weighted by atomic mass is 10.1. The average Bonchev–Trinajstić information content (AvgIpc) is 2.56. The normalized spacial score (nSPS) is 14.6. The molecule has 0 bridgehead atoms. The number of hydrogen-bond donors (Lipinski definition) is 1. The van der Waals surface area contributed by atoms with Gasteiger partial charge in [-0.2, -0.15) is 0 Å². The zero-order valence-corrected chi connectivity index (χ0v) is 14.2. The molecule has 0 atom stereocenters. The highest BCUT2D eigenvalue weighted by Gasteiger charge is 2.19. The molecule has 1 N–H and O–H groups in total. The van der Waals surface area contributed by atoms with Crippen molar-refractivity contribution in [3.05, 3.63) is 58.1 Å². The summed E-state index contributed by atoms with van der Waals surface area (Å²) in [6.45, 7) is 1.92. The first kappa shape index (κ1) is 16.2. The number of carbonyl (C=O) groups excluding carboxylic acids is 1. The van der Waals surface area contributed by atoms with Gasteiger partial charge in [-0.05, 0) is 49.6 Å². The van der Waals surface area contributed by atoms with Crippen molar-refractivity contribution < 1.29 is 4.79 Å². The van der Waals surface area contributed by atoms with E-state index >= 15 is 0 Å². The summed E-state index contributed by atoms with van der Waals surface area (Å²) in [7, 11) is 0. The van der Waals surface area contributed by atoms with Crippen LogP contribution < -0.4 is 10.2 Å². The van der Waals surface area contributed by atoms with E-state index < -0.39 is 0 Å². The molecular weight excluding hydrogens is 331 g/mol. The molecule has 1 aliphatic heterocycles. The third-order valence-electron chi connectivity index (χ3n) is 3.99. The summed E-state index contributed by atoms with van der Waals surface area (Å²) < 4.78 is 0. The van der Waals surface area contributed by atoms with Gasteiger partial charge in [0.2, 0.25) is 0 Å². The maximum atomic E-state index is 12.5. The van der Waals surface area contributed by atoms with Crippen molar-refractivity contribution in [2.75, 3.05) is 23.3 Å². The number of hydrogen-bond acceptors (Lipinski definition) is 2. The van der Waals surface area contributed by atoms with E-state index in [4.69, 9.17) is 23.2 Å². The fraction of sp³-hybridized carbons (Fsp3) is 0.278. The van der Waals surface area contributed by atoms with Gasteiger partial charge in [-0.25, -0.2) is 0 Å². The first-order valence-electron chi connectivity index (χ1n) is 7.75. The monoisotopic (exact) mass is 348 g/mol. The molecule has 0 aliphatic carbocycles. The van der Waals surface area contributed by atoms with E-state index in [9.17, 15) is 4.79 Å². The molecular formula is C18H18Cl2N2O. The minimum Gasteiger partial charge on any atom is -0.369 e. The molecule has 1 fully saturated rings. The van der Waals surface area contributed by atoms with Crippen molar-refractivity contribution >= 4 is 40.5 Å². The molecule has 23 heavy (non-hydrogen) atoms. The molecule has 2 aromatic carbocycles. The van der Waals surface area contributed by atoms with Crippen molar-refractivity contribution in [2.24, 2.45) is 0 Å². The van der Waals surface area contributed by atoms with Gasteiger partial charge >= 0.3 is 0 Å². The van der Waals surface area contributed by atoms with Crippen molar-refractivity contribution in [3.63, 3.8) is 0 Å². The van der Waals surface area contributed by atoms with Crippen LogP contribution in [0.25, 0.3) is 0 Å². The third kappa shape index (κ3) is 3.80. The summed E-state index contributed by atoms with van der Waals surface area (Å²) >= 11 is 12.4. The summed E-state index contributed by atoms with van der Waals surface area (Å²) in [5.41, 5.74) is 2.18. The molecule has 0 saturated carbocycles. The van der Waals surface area contributed by atoms with E-state index in [1.807, 2.05) is 18.2 Å². The van der Waals surface area contributed by atoms with Gasteiger partial charge in [0.15, 0.2) is 0 Å². The Labute approximate surface area is 146 Å². The largest absolute Gasteiger partial charge is 0.369 e. The number of carbonyl (C=O) groups is 1. The van der Waals surface area contributed by atoms with Gasteiger partial charge in [-0.15, -0.1) is 0 Å². The number of para-hydroxylation sites is 1. The van der Waals surface area contributed by atoms with Crippen LogP contribution in [0.15, 0.2) is 42.5 Å². The Morgan fingerprint density at radius 2 is 1.74 bits per heavy atom. The van der Waals surface area contributed by atoms with Gasteiger partial charge in [0.1, 0.15) is 0 Å². The van der Waals surface area contributed by atoms with E-state index in [1.54, 1.807) is 24.3 Å². The standard InChI is InChI=1S/C18H18Cl2N2O/c19-14-7-4-6-13(12-14)18(23)21-16-9-5-8-15(20)17(16)22-10-2-1-3-11-22/h4-9,12H,1-3,10-11H2,(H,21,23). The van der Waals surface area contributed by atoms with Crippen molar-refractivity contribution in [1.29, 1.82) is 0 Å². The Kier molecular flexibility index (Phi) is 5.09. The maximum Gasteiger partial charge on any atom is 0.255 e. The molecule has 1 aliphatic rings. The van der Waals surface area contributed by atoms with E-state index in [0.29, 0.717) is 15.6 Å². The highest BCUT2D eigenvalue weighted by Crippen LogP contribution is 2.35. The van der Waals surface area contributed by atoms with Crippen LogP contribution in [-0.2, 0) is 0 Å². The van der Waals surface area contributed by atoms with E-state index in [-0.39, 0.29) is 5.91 Å². The fourth-order valence-electron chi connectivity index (χ4n) is 2.88. The van der Waals surface area contributed by atoms with Crippen LogP contribution in [0.1, 0.15) is 29.6 Å². The molecule has 3 rings (SSSR count). The second-order valence-corrected chi connectivity index (χ2v) is 6.49. The van der Waals surface area contributed by atoms with Gasteiger partial charge < -0.3 is 10.2 Å². The van der Waals surface area contributed by atoms with Crippen LogP contribution in [0.3, 0.4) is 0 Å². The van der Waals surface area contributed by atoms with Crippen LogP contribution in [0.5, 0.6) is 0 Å². The van der Waals surface area contributed by atoms with E-state index in [1.165, 1.54) is 6.42 Å². The van der Waals surface area contributed by atoms with E-state index in [2.05, 4.69) is 10.2 Å². The van der Waals surface area contributed by atoms with Gasteiger partial charge in [0.25, 0.3) is 5.91 Å². The zero-order chi connectivity index (χ0) is 16.2. The number of amides is 1. The predicted molar refractivity (Wildman–Crippen MR) is 96.9 cm³/mol. The Hall–Kier alpha value is -1.71. The summed E-state index contributed by atoms with van der Waals surface area (Å²) in [4.78, 5) is 14.7. The molecule has 1 amide bonds. The summed E-state index contributed by atoms with van der Waals surface area (Å²) in [6, 6.07) is 12.5. The first-order valence-corrected chi connectivity index (χ1v) is 8.51. The zero-order valence-electron chi connectivity index (χ0n) is 12.7. The van der Waals surface area contributed by atoms with Gasteiger partial charge in [-0.3, -0.25) is 4.79 Å². The SMILES string of the molecule is O=C(Nc1cccc(Cl)c1N1CCCCC1)c1cccc(Cl)c1. The quantitative estimate of drug-likeness (QED) is 0.822. The Bertz CT molecular complexity index is 712. The Morgan fingerprint density at radius 3 is 2.48 bits per heavy atom. The molecule has 5 heteroatoms. The minimum absolute atomic E-state index is 0.187. The van der Waals surface area contributed by atoms with Gasteiger partial charge in [-0.1, -0.05) is 35.3 Å². The summed E-state index contributed by atoms with van der Waals surface area (Å²) in [6.07, 6.45) is 3.53. The molecule has 0 spiro atoms. The molecule has 3 nitrogen and oxygen atoms in total. The predicted octanol–water partition coefficient (Wildman–Crippen LogP) is 5.24. The third-order valence-corrected chi connectivity index (χ3v) is 4.53. The molecule has 0 unspecified atom stereocenters. The minimum atomic E-state index is -0.187. The number of benzene rings is 2. The second-order valence-electron chi connectivity index (χ2n) is 5.65.